The monoisotopic (exact) mass is 666 g/mol. The number of hydrogen-bond acceptors (Lipinski definition) is 0. The van der Waals surface area contributed by atoms with Crippen LogP contribution in [0.4, 0.5) is 0 Å². The SMILES string of the molecule is CC(=Cc1ccc(C=Cc2ccc(-c3ccc(-c4ccccc4)cc3)cc2C=Cc2ccc(C=C(C)c3ccccc3)cc2)cc1)c1ccccc1. The molecule has 0 amide bonds. The van der Waals surface area contributed by atoms with Crippen molar-refractivity contribution < 1.29 is 0 Å². The summed E-state index contributed by atoms with van der Waals surface area (Å²) in [5.74, 6) is 0. The highest BCUT2D eigenvalue weighted by molar-refractivity contribution is 5.85. The summed E-state index contributed by atoms with van der Waals surface area (Å²) in [6.45, 7) is 4.33. The molecule has 0 atom stereocenters. The zero-order valence-electron chi connectivity index (χ0n) is 29.8. The highest BCUT2D eigenvalue weighted by atomic mass is 14.1. The van der Waals surface area contributed by atoms with Gasteiger partial charge in [-0.1, -0.05) is 212 Å². The van der Waals surface area contributed by atoms with Gasteiger partial charge in [-0.05, 0) is 97.8 Å². The van der Waals surface area contributed by atoms with Crippen molar-refractivity contribution in [1.82, 2.24) is 0 Å². The zero-order chi connectivity index (χ0) is 35.5. The van der Waals surface area contributed by atoms with Gasteiger partial charge in [-0.3, -0.25) is 0 Å². The Balaban J connectivity index is 1.15. The summed E-state index contributed by atoms with van der Waals surface area (Å²) in [6.07, 6.45) is 13.4. The quantitative estimate of drug-likeness (QED) is 0.127. The van der Waals surface area contributed by atoms with E-state index in [1.807, 2.05) is 0 Å². The lowest BCUT2D eigenvalue weighted by Gasteiger charge is -2.09. The summed E-state index contributed by atoms with van der Waals surface area (Å²) in [5, 5.41) is 0. The molecule has 0 aliphatic carbocycles. The van der Waals surface area contributed by atoms with E-state index in [1.165, 1.54) is 72.3 Å². The average molecular weight is 667 g/mol. The normalized spacial score (nSPS) is 12.1. The van der Waals surface area contributed by atoms with Crippen molar-refractivity contribution in [3.8, 4) is 22.3 Å². The first kappa shape index (κ1) is 34.0. The molecule has 0 saturated heterocycles. The summed E-state index contributed by atoms with van der Waals surface area (Å²) in [6, 6.07) is 64.8. The van der Waals surface area contributed by atoms with Gasteiger partial charge in [0.15, 0.2) is 0 Å². The van der Waals surface area contributed by atoms with E-state index in [2.05, 4.69) is 232 Å². The Kier molecular flexibility index (Phi) is 10.8. The van der Waals surface area contributed by atoms with Crippen molar-refractivity contribution >= 4 is 47.6 Å². The van der Waals surface area contributed by atoms with Crippen LogP contribution in [0, 0.1) is 0 Å². The Labute approximate surface area is 309 Å². The molecule has 0 radical (unpaired) electrons. The lowest BCUT2D eigenvalue weighted by Crippen LogP contribution is -1.86. The maximum absolute atomic E-state index is 2.30. The minimum absolute atomic E-state index is 1.16. The molecule has 0 aliphatic heterocycles. The third-order valence-electron chi connectivity index (χ3n) is 9.42. The second-order valence-corrected chi connectivity index (χ2v) is 13.2. The summed E-state index contributed by atoms with van der Waals surface area (Å²) < 4.78 is 0. The van der Waals surface area contributed by atoms with Crippen LogP contribution in [-0.2, 0) is 0 Å². The fraction of sp³-hybridized carbons (Fsp3) is 0.0385. The molecule has 0 heteroatoms. The molecule has 52 heavy (non-hydrogen) atoms. The zero-order valence-corrected chi connectivity index (χ0v) is 29.8. The summed E-state index contributed by atoms with van der Waals surface area (Å²) >= 11 is 0. The van der Waals surface area contributed by atoms with Crippen molar-refractivity contribution in [3.63, 3.8) is 0 Å². The van der Waals surface area contributed by atoms with Gasteiger partial charge in [-0.25, -0.2) is 0 Å². The molecule has 0 aromatic heterocycles. The van der Waals surface area contributed by atoms with E-state index in [4.69, 9.17) is 0 Å². The van der Waals surface area contributed by atoms with Crippen molar-refractivity contribution in [2.75, 3.05) is 0 Å². The predicted molar refractivity (Wildman–Crippen MR) is 228 cm³/mol. The molecular weight excluding hydrogens is 625 g/mol. The second kappa shape index (κ2) is 16.5. The average Bonchev–Trinajstić information content (AvgIpc) is 3.21. The van der Waals surface area contributed by atoms with E-state index in [-0.39, 0.29) is 0 Å². The van der Waals surface area contributed by atoms with Gasteiger partial charge < -0.3 is 0 Å². The fourth-order valence-electron chi connectivity index (χ4n) is 6.38. The van der Waals surface area contributed by atoms with Gasteiger partial charge >= 0.3 is 0 Å². The molecule has 0 fully saturated rings. The van der Waals surface area contributed by atoms with Crippen LogP contribution in [0.15, 0.2) is 182 Å². The molecule has 0 unspecified atom stereocenters. The van der Waals surface area contributed by atoms with Gasteiger partial charge in [0.25, 0.3) is 0 Å². The topological polar surface area (TPSA) is 0 Å². The van der Waals surface area contributed by atoms with Crippen LogP contribution in [0.1, 0.15) is 58.4 Å². The maximum Gasteiger partial charge on any atom is -0.0178 e. The van der Waals surface area contributed by atoms with E-state index in [1.54, 1.807) is 0 Å². The lowest BCUT2D eigenvalue weighted by molar-refractivity contribution is 1.55. The summed E-state index contributed by atoms with van der Waals surface area (Å²) in [4.78, 5) is 0. The lowest BCUT2D eigenvalue weighted by atomic mass is 9.96. The molecule has 7 aromatic carbocycles. The smallest absolute Gasteiger partial charge is 0.0178 e. The fourth-order valence-corrected chi connectivity index (χ4v) is 6.38. The molecule has 0 spiro atoms. The van der Waals surface area contributed by atoms with Crippen LogP contribution in [-0.4, -0.2) is 0 Å². The number of benzene rings is 7. The Hall–Kier alpha value is -6.50. The van der Waals surface area contributed by atoms with Gasteiger partial charge in [0, 0.05) is 0 Å². The van der Waals surface area contributed by atoms with Crippen molar-refractivity contribution in [2.24, 2.45) is 0 Å². The van der Waals surface area contributed by atoms with Gasteiger partial charge in [-0.2, -0.15) is 0 Å². The molecule has 0 heterocycles. The number of hydrogen-bond donors (Lipinski definition) is 0. The van der Waals surface area contributed by atoms with Gasteiger partial charge in [0.1, 0.15) is 0 Å². The van der Waals surface area contributed by atoms with Gasteiger partial charge in [0.05, 0.1) is 0 Å². The van der Waals surface area contributed by atoms with Crippen LogP contribution in [0.2, 0.25) is 0 Å². The first-order valence-electron chi connectivity index (χ1n) is 17.9. The number of rotatable bonds is 10. The molecule has 250 valence electrons. The highest BCUT2D eigenvalue weighted by Crippen LogP contribution is 2.29. The molecule has 7 aromatic rings. The Morgan fingerprint density at radius 3 is 1.15 bits per heavy atom. The Morgan fingerprint density at radius 1 is 0.308 bits per heavy atom. The minimum Gasteiger partial charge on any atom is -0.0622 e. The predicted octanol–water partition coefficient (Wildman–Crippen LogP) is 14.5. The van der Waals surface area contributed by atoms with Crippen molar-refractivity contribution in [3.05, 3.63) is 226 Å². The summed E-state index contributed by atoms with van der Waals surface area (Å²) in [7, 11) is 0. The van der Waals surface area contributed by atoms with Crippen LogP contribution in [0.5, 0.6) is 0 Å². The van der Waals surface area contributed by atoms with Crippen molar-refractivity contribution in [1.29, 1.82) is 0 Å². The molecule has 0 saturated carbocycles. The molecule has 0 bridgehead atoms. The molecular formula is C52H42. The molecule has 7 rings (SSSR count). The minimum atomic E-state index is 1.16. The summed E-state index contributed by atoms with van der Waals surface area (Å²) in [5.41, 5.74) is 16.9. The van der Waals surface area contributed by atoms with Crippen LogP contribution in [0.3, 0.4) is 0 Å². The first-order valence-corrected chi connectivity index (χ1v) is 17.9. The van der Waals surface area contributed by atoms with Crippen LogP contribution < -0.4 is 0 Å². The largest absolute Gasteiger partial charge is 0.0622 e. The third kappa shape index (κ3) is 8.80. The van der Waals surface area contributed by atoms with Crippen molar-refractivity contribution in [2.45, 2.75) is 13.8 Å². The van der Waals surface area contributed by atoms with E-state index in [0.29, 0.717) is 0 Å². The van der Waals surface area contributed by atoms with Crippen LogP contribution >= 0.6 is 0 Å². The Morgan fingerprint density at radius 2 is 0.673 bits per heavy atom. The number of allylic oxidation sites excluding steroid dienone is 2. The third-order valence-corrected chi connectivity index (χ3v) is 9.42. The van der Waals surface area contributed by atoms with Crippen LogP contribution in [0.25, 0.3) is 69.9 Å². The molecule has 0 aliphatic rings. The maximum atomic E-state index is 2.30. The van der Waals surface area contributed by atoms with E-state index >= 15 is 0 Å². The Bertz CT molecular complexity index is 2340. The second-order valence-electron chi connectivity index (χ2n) is 13.2. The van der Waals surface area contributed by atoms with Gasteiger partial charge in [-0.15, -0.1) is 0 Å². The standard InChI is InChI=1S/C52H42/c1-39(45-12-6-3-7-13-45)36-43-22-18-41(19-23-43)26-28-49-34-35-52(50-32-30-48(31-33-50)47-16-10-5-11-17-47)38-51(49)29-27-42-20-24-44(25-21-42)37-40(2)46-14-8-4-9-15-46/h3-38H,1-2H3. The molecule has 0 nitrogen and oxygen atoms in total. The molecule has 0 N–H and O–H groups in total. The van der Waals surface area contributed by atoms with E-state index < -0.39 is 0 Å². The first-order chi connectivity index (χ1) is 25.6. The highest BCUT2D eigenvalue weighted by Gasteiger charge is 2.05. The van der Waals surface area contributed by atoms with Gasteiger partial charge in [0.2, 0.25) is 0 Å². The van der Waals surface area contributed by atoms with E-state index in [0.717, 1.165) is 5.56 Å². The van der Waals surface area contributed by atoms with E-state index in [9.17, 15) is 0 Å².